The van der Waals surface area contributed by atoms with Gasteiger partial charge < -0.3 is 10.0 Å². The van der Waals surface area contributed by atoms with Crippen molar-refractivity contribution in [3.63, 3.8) is 0 Å². The third-order valence-corrected chi connectivity index (χ3v) is 9.73. The van der Waals surface area contributed by atoms with Crippen molar-refractivity contribution in [1.82, 2.24) is 35.7 Å². The fourth-order valence-corrected chi connectivity index (χ4v) is 7.15. The predicted octanol–water partition coefficient (Wildman–Crippen LogP) is 4.32. The molecule has 2 atom stereocenters. The summed E-state index contributed by atoms with van der Waals surface area (Å²) in [5, 5.41) is 25.5. The quantitative estimate of drug-likeness (QED) is 0.239. The van der Waals surface area contributed by atoms with Crippen molar-refractivity contribution in [3.05, 3.63) is 75.4 Å². The van der Waals surface area contributed by atoms with E-state index >= 15 is 0 Å². The van der Waals surface area contributed by atoms with E-state index in [-0.39, 0.29) is 68.7 Å². The Morgan fingerprint density at radius 2 is 1.75 bits per heavy atom. The number of aromatic nitrogens is 4. The standard InChI is InChI=1S/C31H32F3N7O3.C2HF3O2/c32-24-7-6-22(20-2-1-3-21(20)24)27(28-37-38-39-41(28)19-10-12-31(33,34)13-11-19)35-15-17-4-5-18-16-40(30(44)23(18)14-17)25-8-9-26(42)36-29(25)43;3-2(4,5)1(6)7/h4-7,14,19,25,27,35H,1-3,8-13,15-16H2,(H,36,42,43);(H,6,7). The molecule has 1 aromatic heterocycles. The molecule has 2 aromatic carbocycles. The molecule has 4 aliphatic rings. The van der Waals surface area contributed by atoms with Crippen molar-refractivity contribution < 1.29 is 50.6 Å². The van der Waals surface area contributed by atoms with Crippen LogP contribution in [0.1, 0.15) is 101 Å². The van der Waals surface area contributed by atoms with Gasteiger partial charge >= 0.3 is 12.1 Å². The number of rotatable bonds is 7. The highest BCUT2D eigenvalue weighted by molar-refractivity contribution is 6.05. The molecular weight excluding hydrogens is 688 g/mol. The summed E-state index contributed by atoms with van der Waals surface area (Å²) in [4.78, 5) is 47.8. The number of carboxylic acid groups (broad SMARTS) is 1. The van der Waals surface area contributed by atoms with Gasteiger partial charge in [0.1, 0.15) is 11.9 Å². The molecule has 12 nitrogen and oxygen atoms in total. The van der Waals surface area contributed by atoms with Crippen LogP contribution < -0.4 is 10.6 Å². The molecule has 2 aliphatic heterocycles. The smallest absolute Gasteiger partial charge is 0.475 e. The van der Waals surface area contributed by atoms with Crippen LogP contribution in [0, 0.1) is 5.82 Å². The summed E-state index contributed by atoms with van der Waals surface area (Å²) < 4.78 is 76.0. The molecule has 1 saturated carbocycles. The number of hydrogen-bond acceptors (Lipinski definition) is 8. The van der Waals surface area contributed by atoms with Gasteiger partial charge in [-0.25, -0.2) is 22.6 Å². The fraction of sp³-hybridized carbons (Fsp3) is 0.485. The van der Waals surface area contributed by atoms with Gasteiger partial charge in [0.25, 0.3) is 5.91 Å². The van der Waals surface area contributed by atoms with Crippen molar-refractivity contribution >= 4 is 23.7 Å². The van der Waals surface area contributed by atoms with Gasteiger partial charge in [-0.15, -0.1) is 5.10 Å². The second kappa shape index (κ2) is 14.0. The molecule has 2 aliphatic carbocycles. The number of benzene rings is 2. The lowest BCUT2D eigenvalue weighted by molar-refractivity contribution is -0.192. The maximum Gasteiger partial charge on any atom is 0.490 e. The molecule has 3 N–H and O–H groups in total. The fourth-order valence-electron chi connectivity index (χ4n) is 7.15. The maximum absolute atomic E-state index is 14.7. The molecule has 272 valence electrons. The van der Waals surface area contributed by atoms with Crippen LogP contribution in [0.3, 0.4) is 0 Å². The molecule has 7 rings (SSSR count). The van der Waals surface area contributed by atoms with Gasteiger partial charge in [0, 0.05) is 37.9 Å². The first kappa shape index (κ1) is 35.9. The SMILES string of the molecule is O=C(O)C(F)(F)F.O=C1CCC(N2Cc3ccc(CNC(c4ccc(F)c5c4CCC5)c4nnnn4C4CCC(F)(F)CC4)cc3C2=O)C(=O)N1. The minimum absolute atomic E-state index is 0.183. The number of hydrogen-bond donors (Lipinski definition) is 3. The Hall–Kier alpha value is -4.87. The molecule has 18 heteroatoms. The number of tetrazole rings is 1. The molecule has 0 bridgehead atoms. The molecule has 0 spiro atoms. The average Bonchev–Trinajstić information content (AvgIpc) is 3.82. The zero-order valence-electron chi connectivity index (χ0n) is 27.0. The predicted molar refractivity (Wildman–Crippen MR) is 164 cm³/mol. The van der Waals surface area contributed by atoms with E-state index in [0.29, 0.717) is 36.3 Å². The largest absolute Gasteiger partial charge is 0.490 e. The van der Waals surface area contributed by atoms with E-state index in [1.165, 1.54) is 11.0 Å². The zero-order chi connectivity index (χ0) is 36.7. The molecular formula is C33H33F6N7O5. The highest BCUT2D eigenvalue weighted by atomic mass is 19.4. The molecule has 3 heterocycles. The Morgan fingerprint density at radius 3 is 2.43 bits per heavy atom. The highest BCUT2D eigenvalue weighted by Gasteiger charge is 2.41. The first-order valence-corrected chi connectivity index (χ1v) is 16.4. The number of nitrogens with zero attached hydrogens (tertiary/aromatic N) is 5. The van der Waals surface area contributed by atoms with Crippen molar-refractivity contribution in [2.45, 2.75) is 101 Å². The Balaban J connectivity index is 0.000000582. The number of fused-ring (bicyclic) bond motifs is 2. The normalized spacial score (nSPS) is 20.7. The van der Waals surface area contributed by atoms with Gasteiger partial charge in [-0.2, -0.15) is 13.2 Å². The van der Waals surface area contributed by atoms with Crippen molar-refractivity contribution in [3.8, 4) is 0 Å². The minimum Gasteiger partial charge on any atom is -0.475 e. The van der Waals surface area contributed by atoms with Crippen LogP contribution >= 0.6 is 0 Å². The van der Waals surface area contributed by atoms with E-state index in [9.17, 15) is 40.7 Å². The summed E-state index contributed by atoms with van der Waals surface area (Å²) >= 11 is 0. The van der Waals surface area contributed by atoms with Crippen LogP contribution in [0.5, 0.6) is 0 Å². The van der Waals surface area contributed by atoms with Gasteiger partial charge in [-0.1, -0.05) is 18.2 Å². The number of halogens is 6. The average molecular weight is 722 g/mol. The lowest BCUT2D eigenvalue weighted by Gasteiger charge is -2.30. The summed E-state index contributed by atoms with van der Waals surface area (Å²) in [5.41, 5.74) is 4.55. The lowest BCUT2D eigenvalue weighted by atomic mass is 9.91. The summed E-state index contributed by atoms with van der Waals surface area (Å²) in [6, 6.07) is 7.25. The third-order valence-electron chi connectivity index (χ3n) is 9.73. The summed E-state index contributed by atoms with van der Waals surface area (Å²) in [6.07, 6.45) is -2.41. The molecule has 1 saturated heterocycles. The Morgan fingerprint density at radius 1 is 1.04 bits per heavy atom. The monoisotopic (exact) mass is 721 g/mol. The van der Waals surface area contributed by atoms with Crippen LogP contribution in [-0.4, -0.2) is 72.0 Å². The second-order valence-corrected chi connectivity index (χ2v) is 13.0. The number of alkyl halides is 5. The van der Waals surface area contributed by atoms with Crippen LogP contribution in [0.2, 0.25) is 0 Å². The summed E-state index contributed by atoms with van der Waals surface area (Å²) in [7, 11) is 0. The highest BCUT2D eigenvalue weighted by Crippen LogP contribution is 2.40. The lowest BCUT2D eigenvalue weighted by Crippen LogP contribution is -2.52. The van der Waals surface area contributed by atoms with E-state index < -0.39 is 36.1 Å². The number of nitrogens with one attached hydrogen (secondary N) is 2. The summed E-state index contributed by atoms with van der Waals surface area (Å²) in [6.45, 7) is 0.596. The van der Waals surface area contributed by atoms with Gasteiger partial charge in [-0.3, -0.25) is 25.0 Å². The first-order valence-electron chi connectivity index (χ1n) is 16.4. The number of imide groups is 1. The number of amides is 3. The molecule has 3 amide bonds. The molecule has 0 radical (unpaired) electrons. The van der Waals surface area contributed by atoms with Crippen LogP contribution in [0.25, 0.3) is 0 Å². The van der Waals surface area contributed by atoms with E-state index in [4.69, 9.17) is 9.90 Å². The molecule has 2 fully saturated rings. The molecule has 51 heavy (non-hydrogen) atoms. The van der Waals surface area contributed by atoms with Gasteiger partial charge in [0.2, 0.25) is 17.7 Å². The zero-order valence-corrected chi connectivity index (χ0v) is 27.0. The van der Waals surface area contributed by atoms with E-state index in [2.05, 4.69) is 26.2 Å². The van der Waals surface area contributed by atoms with Crippen LogP contribution in [0.15, 0.2) is 30.3 Å². The van der Waals surface area contributed by atoms with Crippen LogP contribution in [-0.2, 0) is 40.3 Å². The molecule has 2 unspecified atom stereocenters. The topological polar surface area (TPSA) is 159 Å². The summed E-state index contributed by atoms with van der Waals surface area (Å²) in [5.74, 6) is -6.28. The first-order chi connectivity index (χ1) is 24.1. The van der Waals surface area contributed by atoms with Crippen molar-refractivity contribution in [2.24, 2.45) is 0 Å². The Bertz CT molecular complexity index is 1860. The van der Waals surface area contributed by atoms with Crippen LogP contribution in [0.4, 0.5) is 26.3 Å². The number of carboxylic acids is 1. The van der Waals surface area contributed by atoms with Gasteiger partial charge in [0.05, 0.1) is 12.1 Å². The van der Waals surface area contributed by atoms with Gasteiger partial charge in [0.15, 0.2) is 5.82 Å². The van der Waals surface area contributed by atoms with Gasteiger partial charge in [-0.05, 0) is 88.9 Å². The van der Waals surface area contributed by atoms with E-state index in [1.807, 2.05) is 12.1 Å². The Kier molecular flexibility index (Phi) is 9.89. The maximum atomic E-state index is 14.7. The second-order valence-electron chi connectivity index (χ2n) is 13.0. The van der Waals surface area contributed by atoms with E-state index in [1.54, 1.807) is 16.8 Å². The number of aliphatic carboxylic acids is 1. The number of carbonyl (C=O) groups is 4. The van der Waals surface area contributed by atoms with Crippen molar-refractivity contribution in [1.29, 1.82) is 0 Å². The third kappa shape index (κ3) is 7.60. The number of piperidine rings is 1. The molecule has 3 aromatic rings. The Labute approximate surface area is 286 Å². The minimum atomic E-state index is -5.08. The van der Waals surface area contributed by atoms with E-state index in [0.717, 1.165) is 28.7 Å². The van der Waals surface area contributed by atoms with Crippen molar-refractivity contribution in [2.75, 3.05) is 0 Å². The number of carbonyl (C=O) groups excluding carboxylic acids is 3.